The molecule has 0 spiro atoms. The minimum absolute atomic E-state index is 0.411. The lowest BCUT2D eigenvalue weighted by Crippen LogP contribution is -2.35. The zero-order chi connectivity index (χ0) is 15.8. The van der Waals surface area contributed by atoms with Gasteiger partial charge < -0.3 is 9.84 Å². The smallest absolute Gasteiger partial charge is 0.355 e. The highest BCUT2D eigenvalue weighted by atomic mass is 16.5. The van der Waals surface area contributed by atoms with Crippen LogP contribution in [0, 0.1) is 11.8 Å². The number of ether oxygens (including phenoxy) is 1. The fraction of sp³-hybridized carbons (Fsp3) is 0.211. The van der Waals surface area contributed by atoms with Gasteiger partial charge in [-0.15, -0.1) is 0 Å². The van der Waals surface area contributed by atoms with Crippen molar-refractivity contribution in [3.8, 4) is 11.8 Å². The largest absolute Gasteiger partial charge is 0.466 e. The summed E-state index contributed by atoms with van der Waals surface area (Å²) in [6.07, 6.45) is 1.32. The lowest BCUT2D eigenvalue weighted by atomic mass is 9.94. The summed E-state index contributed by atoms with van der Waals surface area (Å²) in [5.41, 5.74) is -0.348. The second-order valence-corrected chi connectivity index (χ2v) is 4.86. The highest BCUT2D eigenvalue weighted by Crippen LogP contribution is 2.21. The molecule has 3 nitrogen and oxygen atoms in total. The molecule has 0 fully saturated rings. The first-order valence-corrected chi connectivity index (χ1v) is 7.07. The molecule has 2 rings (SSSR count). The van der Waals surface area contributed by atoms with Crippen molar-refractivity contribution in [2.24, 2.45) is 0 Å². The van der Waals surface area contributed by atoms with E-state index in [9.17, 15) is 9.90 Å². The fourth-order valence-electron chi connectivity index (χ4n) is 2.11. The van der Waals surface area contributed by atoms with Gasteiger partial charge in [0.05, 0.1) is 7.11 Å². The maximum atomic E-state index is 11.9. The third kappa shape index (κ3) is 3.75. The van der Waals surface area contributed by atoms with E-state index in [2.05, 4.69) is 11.8 Å². The summed E-state index contributed by atoms with van der Waals surface area (Å²) in [6.45, 7) is 0. The van der Waals surface area contributed by atoms with Gasteiger partial charge in [-0.3, -0.25) is 0 Å². The predicted molar refractivity (Wildman–Crippen MR) is 84.9 cm³/mol. The number of aliphatic hydroxyl groups is 1. The molecule has 0 aliphatic rings. The van der Waals surface area contributed by atoms with Crippen molar-refractivity contribution in [2.45, 2.75) is 18.4 Å². The highest BCUT2D eigenvalue weighted by Gasteiger charge is 2.37. The van der Waals surface area contributed by atoms with Crippen LogP contribution in [0.15, 0.2) is 60.7 Å². The van der Waals surface area contributed by atoms with Crippen LogP contribution in [0.25, 0.3) is 0 Å². The highest BCUT2D eigenvalue weighted by molar-refractivity contribution is 5.85. The van der Waals surface area contributed by atoms with E-state index in [4.69, 9.17) is 4.74 Å². The zero-order valence-electron chi connectivity index (χ0n) is 12.5. The van der Waals surface area contributed by atoms with Crippen LogP contribution in [-0.4, -0.2) is 18.2 Å². The molecule has 2 aromatic rings. The lowest BCUT2D eigenvalue weighted by molar-refractivity contribution is -0.157. The minimum atomic E-state index is -1.92. The van der Waals surface area contributed by atoms with Crippen molar-refractivity contribution >= 4 is 5.97 Å². The molecule has 0 radical (unpaired) electrons. The molecular formula is C19H18O3. The normalized spacial score (nSPS) is 12.6. The van der Waals surface area contributed by atoms with Crippen molar-refractivity contribution in [3.05, 3.63) is 71.8 Å². The SMILES string of the molecule is COC(=O)C(O)(C#CCCc1ccccc1)c1ccccc1. The molecule has 0 bridgehead atoms. The summed E-state index contributed by atoms with van der Waals surface area (Å²) < 4.78 is 4.69. The van der Waals surface area contributed by atoms with Crippen molar-refractivity contribution in [1.82, 2.24) is 0 Å². The molecule has 0 heterocycles. The van der Waals surface area contributed by atoms with Gasteiger partial charge in [0.15, 0.2) is 0 Å². The van der Waals surface area contributed by atoms with Gasteiger partial charge in [-0.1, -0.05) is 72.5 Å². The van der Waals surface area contributed by atoms with Crippen LogP contribution >= 0.6 is 0 Å². The van der Waals surface area contributed by atoms with E-state index in [-0.39, 0.29) is 0 Å². The second kappa shape index (κ2) is 7.44. The van der Waals surface area contributed by atoms with E-state index >= 15 is 0 Å². The quantitative estimate of drug-likeness (QED) is 0.696. The Labute approximate surface area is 130 Å². The maximum absolute atomic E-state index is 11.9. The number of aryl methyl sites for hydroxylation is 1. The molecule has 0 saturated carbocycles. The van der Waals surface area contributed by atoms with Crippen LogP contribution in [-0.2, 0) is 21.6 Å². The molecule has 1 atom stereocenters. The van der Waals surface area contributed by atoms with Crippen LogP contribution in [0.5, 0.6) is 0 Å². The number of benzene rings is 2. The fourth-order valence-corrected chi connectivity index (χ4v) is 2.11. The van der Waals surface area contributed by atoms with E-state index in [0.29, 0.717) is 12.0 Å². The van der Waals surface area contributed by atoms with Crippen molar-refractivity contribution < 1.29 is 14.6 Å². The molecule has 112 valence electrons. The Bertz CT molecular complexity index is 668. The Balaban J connectivity index is 2.15. The predicted octanol–water partition coefficient (Wildman–Crippen LogP) is 2.68. The average molecular weight is 294 g/mol. The number of hydrogen-bond donors (Lipinski definition) is 1. The summed E-state index contributed by atoms with van der Waals surface area (Å²) in [5, 5.41) is 10.6. The number of carbonyl (C=O) groups excluding carboxylic acids is 1. The third-order valence-corrected chi connectivity index (χ3v) is 3.32. The Hall–Kier alpha value is -2.57. The van der Waals surface area contributed by atoms with Crippen LogP contribution in [0.2, 0.25) is 0 Å². The summed E-state index contributed by atoms with van der Waals surface area (Å²) in [7, 11) is 1.24. The number of rotatable bonds is 4. The number of methoxy groups -OCH3 is 1. The molecule has 1 unspecified atom stereocenters. The van der Waals surface area contributed by atoms with Crippen LogP contribution in [0.4, 0.5) is 0 Å². The maximum Gasteiger partial charge on any atom is 0.355 e. The standard InChI is InChI=1S/C19H18O3/c1-22-18(20)19(21,17-13-6-3-7-14-17)15-9-8-12-16-10-4-2-5-11-16/h2-7,10-11,13-14,21H,8,12H2,1H3. The molecular weight excluding hydrogens is 276 g/mol. The van der Waals surface area contributed by atoms with Gasteiger partial charge in [0.1, 0.15) is 0 Å². The van der Waals surface area contributed by atoms with Crippen molar-refractivity contribution in [1.29, 1.82) is 0 Å². The molecule has 22 heavy (non-hydrogen) atoms. The van der Waals surface area contributed by atoms with Crippen LogP contribution in [0.3, 0.4) is 0 Å². The zero-order valence-corrected chi connectivity index (χ0v) is 12.5. The van der Waals surface area contributed by atoms with E-state index in [1.165, 1.54) is 7.11 Å². The van der Waals surface area contributed by atoms with Gasteiger partial charge in [-0.25, -0.2) is 4.79 Å². The Morgan fingerprint density at radius 2 is 1.68 bits per heavy atom. The number of carbonyl (C=O) groups is 1. The van der Waals surface area contributed by atoms with Gasteiger partial charge in [-0.2, -0.15) is 0 Å². The summed E-state index contributed by atoms with van der Waals surface area (Å²) in [6, 6.07) is 18.5. The van der Waals surface area contributed by atoms with Gasteiger partial charge in [-0.05, 0) is 12.0 Å². The molecule has 0 amide bonds. The molecule has 0 aromatic heterocycles. The topological polar surface area (TPSA) is 46.5 Å². The number of hydrogen-bond acceptors (Lipinski definition) is 3. The van der Waals surface area contributed by atoms with E-state index in [0.717, 1.165) is 12.0 Å². The molecule has 2 aromatic carbocycles. The first-order valence-electron chi connectivity index (χ1n) is 7.07. The van der Waals surface area contributed by atoms with Gasteiger partial charge in [0.2, 0.25) is 5.60 Å². The Kier molecular flexibility index (Phi) is 5.35. The second-order valence-electron chi connectivity index (χ2n) is 4.86. The minimum Gasteiger partial charge on any atom is -0.466 e. The summed E-state index contributed by atoms with van der Waals surface area (Å²) in [4.78, 5) is 11.9. The molecule has 1 N–H and O–H groups in total. The lowest BCUT2D eigenvalue weighted by Gasteiger charge is -2.19. The van der Waals surface area contributed by atoms with Crippen molar-refractivity contribution in [2.75, 3.05) is 7.11 Å². The molecule has 0 saturated heterocycles. The number of esters is 1. The Morgan fingerprint density at radius 3 is 2.27 bits per heavy atom. The molecule has 0 aliphatic carbocycles. The van der Waals surface area contributed by atoms with E-state index in [1.807, 2.05) is 36.4 Å². The monoisotopic (exact) mass is 294 g/mol. The van der Waals surface area contributed by atoms with Gasteiger partial charge in [0, 0.05) is 12.0 Å². The molecule has 3 heteroatoms. The Morgan fingerprint density at radius 1 is 1.09 bits per heavy atom. The average Bonchev–Trinajstić information content (AvgIpc) is 2.59. The molecule has 0 aliphatic heterocycles. The third-order valence-electron chi connectivity index (χ3n) is 3.32. The van der Waals surface area contributed by atoms with Crippen molar-refractivity contribution in [3.63, 3.8) is 0 Å². The summed E-state index contributed by atoms with van der Waals surface area (Å²) in [5.74, 6) is 4.78. The van der Waals surface area contributed by atoms with E-state index < -0.39 is 11.6 Å². The summed E-state index contributed by atoms with van der Waals surface area (Å²) >= 11 is 0. The van der Waals surface area contributed by atoms with E-state index in [1.54, 1.807) is 24.3 Å². The van der Waals surface area contributed by atoms with Gasteiger partial charge in [0.25, 0.3) is 0 Å². The van der Waals surface area contributed by atoms with Gasteiger partial charge >= 0.3 is 5.97 Å². The van der Waals surface area contributed by atoms with Crippen LogP contribution in [0.1, 0.15) is 17.5 Å². The first-order chi connectivity index (χ1) is 10.7. The first kappa shape index (κ1) is 15.8. The van der Waals surface area contributed by atoms with Crippen LogP contribution < -0.4 is 0 Å².